The van der Waals surface area contributed by atoms with E-state index in [0.717, 1.165) is 5.56 Å². The quantitative estimate of drug-likeness (QED) is 0.711. The van der Waals surface area contributed by atoms with Crippen molar-refractivity contribution in [2.24, 2.45) is 5.41 Å². The average Bonchev–Trinajstić information content (AvgIpc) is 3.17. The van der Waals surface area contributed by atoms with Gasteiger partial charge in [0, 0.05) is 17.9 Å². The summed E-state index contributed by atoms with van der Waals surface area (Å²) in [6.07, 6.45) is 0. The Morgan fingerprint density at radius 2 is 1.58 bits per heavy atom. The smallest absolute Gasteiger partial charge is 0.255 e. The second kappa shape index (κ2) is 9.07. The van der Waals surface area contributed by atoms with Gasteiger partial charge in [-0.15, -0.1) is 11.8 Å². The largest absolute Gasteiger partial charge is 0.350 e. The third-order valence-electron chi connectivity index (χ3n) is 5.59. The summed E-state index contributed by atoms with van der Waals surface area (Å²) in [5, 5.41) is 2.97. The first-order chi connectivity index (χ1) is 14.5. The molecule has 1 saturated heterocycles. The van der Waals surface area contributed by atoms with Crippen molar-refractivity contribution in [1.29, 1.82) is 0 Å². The van der Waals surface area contributed by atoms with Crippen molar-refractivity contribution in [2.75, 3.05) is 5.75 Å². The summed E-state index contributed by atoms with van der Waals surface area (Å²) in [5.74, 6) is 0.432. The summed E-state index contributed by atoms with van der Waals surface area (Å²) in [6, 6.07) is 17.2. The third kappa shape index (κ3) is 5.51. The molecule has 0 saturated carbocycles. The van der Waals surface area contributed by atoms with Crippen LogP contribution in [0.1, 0.15) is 63.0 Å². The van der Waals surface area contributed by atoms with Crippen LogP contribution in [0, 0.1) is 5.41 Å². The molecule has 2 unspecified atom stereocenters. The van der Waals surface area contributed by atoms with Crippen LogP contribution in [0.15, 0.2) is 54.6 Å². The molecule has 0 aliphatic carbocycles. The molecular formula is C26H34N2O2S. The van der Waals surface area contributed by atoms with E-state index >= 15 is 0 Å². The summed E-state index contributed by atoms with van der Waals surface area (Å²) >= 11 is 1.69. The SMILES string of the molecule is CC(C)(C)c1ccc(C(=O)N2C(C(=O)NCc3ccccc3)CSC2C(C)(C)C)cc1. The van der Waals surface area contributed by atoms with Gasteiger partial charge >= 0.3 is 0 Å². The van der Waals surface area contributed by atoms with E-state index in [0.29, 0.717) is 17.9 Å². The van der Waals surface area contributed by atoms with Crippen LogP contribution in [-0.2, 0) is 16.8 Å². The van der Waals surface area contributed by atoms with Crippen LogP contribution in [0.3, 0.4) is 0 Å². The van der Waals surface area contributed by atoms with E-state index in [2.05, 4.69) is 46.9 Å². The number of carbonyl (C=O) groups is 2. The van der Waals surface area contributed by atoms with Gasteiger partial charge in [0.25, 0.3) is 5.91 Å². The number of thioether (sulfide) groups is 1. The van der Waals surface area contributed by atoms with E-state index in [-0.39, 0.29) is 28.0 Å². The van der Waals surface area contributed by atoms with Gasteiger partial charge in [-0.25, -0.2) is 0 Å². The van der Waals surface area contributed by atoms with Crippen LogP contribution >= 0.6 is 11.8 Å². The topological polar surface area (TPSA) is 49.4 Å². The number of amides is 2. The Labute approximate surface area is 190 Å². The Kier molecular flexibility index (Phi) is 6.85. The highest BCUT2D eigenvalue weighted by Crippen LogP contribution is 2.41. The molecule has 31 heavy (non-hydrogen) atoms. The van der Waals surface area contributed by atoms with Crippen LogP contribution in [0.5, 0.6) is 0 Å². The second-order valence-corrected chi connectivity index (χ2v) is 11.4. The lowest BCUT2D eigenvalue weighted by atomic mass is 9.86. The zero-order valence-electron chi connectivity index (χ0n) is 19.4. The lowest BCUT2D eigenvalue weighted by molar-refractivity contribution is -0.125. The lowest BCUT2D eigenvalue weighted by Gasteiger charge is -2.36. The minimum atomic E-state index is -0.479. The number of nitrogens with zero attached hydrogens (tertiary/aromatic N) is 1. The number of benzene rings is 2. The highest BCUT2D eigenvalue weighted by atomic mass is 32.2. The maximum Gasteiger partial charge on any atom is 0.255 e. The van der Waals surface area contributed by atoms with E-state index < -0.39 is 6.04 Å². The van der Waals surface area contributed by atoms with E-state index in [1.165, 1.54) is 5.56 Å². The Bertz CT molecular complexity index is 911. The molecule has 2 amide bonds. The standard InChI is InChI=1S/C26H34N2O2S/c1-25(2,3)20-14-12-19(13-15-20)23(30)28-21(17-31-24(28)26(4,5)6)22(29)27-16-18-10-8-7-9-11-18/h7-15,21,24H,16-17H2,1-6H3,(H,27,29). The number of hydrogen-bond donors (Lipinski definition) is 1. The van der Waals surface area contributed by atoms with Crippen LogP contribution < -0.4 is 5.32 Å². The first-order valence-corrected chi connectivity index (χ1v) is 11.9. The second-order valence-electron chi connectivity index (χ2n) is 10.3. The lowest BCUT2D eigenvalue weighted by Crippen LogP contribution is -2.52. The molecule has 1 fully saturated rings. The summed E-state index contributed by atoms with van der Waals surface area (Å²) in [4.78, 5) is 28.5. The Morgan fingerprint density at radius 1 is 0.968 bits per heavy atom. The molecule has 0 radical (unpaired) electrons. The van der Waals surface area contributed by atoms with Crippen molar-refractivity contribution < 1.29 is 9.59 Å². The summed E-state index contributed by atoms with van der Waals surface area (Å²) in [6.45, 7) is 13.3. The van der Waals surface area contributed by atoms with Gasteiger partial charge < -0.3 is 10.2 Å². The normalized spacial score (nSPS) is 19.4. The van der Waals surface area contributed by atoms with Crippen molar-refractivity contribution in [2.45, 2.75) is 64.9 Å². The molecule has 0 aromatic heterocycles. The van der Waals surface area contributed by atoms with E-state index in [9.17, 15) is 9.59 Å². The highest BCUT2D eigenvalue weighted by Gasteiger charge is 2.46. The molecule has 1 N–H and O–H groups in total. The number of carbonyl (C=O) groups excluding carboxylic acids is 2. The molecule has 0 bridgehead atoms. The van der Waals surface area contributed by atoms with Crippen LogP contribution in [-0.4, -0.2) is 33.9 Å². The van der Waals surface area contributed by atoms with Crippen molar-refractivity contribution in [3.63, 3.8) is 0 Å². The third-order valence-corrected chi connectivity index (χ3v) is 7.34. The monoisotopic (exact) mass is 438 g/mol. The number of rotatable bonds is 4. The Hall–Kier alpha value is -2.27. The van der Waals surface area contributed by atoms with E-state index in [1.54, 1.807) is 16.7 Å². The Morgan fingerprint density at radius 3 is 2.13 bits per heavy atom. The minimum Gasteiger partial charge on any atom is -0.350 e. The van der Waals surface area contributed by atoms with Gasteiger partial charge in [-0.2, -0.15) is 0 Å². The molecule has 5 heteroatoms. The van der Waals surface area contributed by atoms with Crippen molar-refractivity contribution in [3.8, 4) is 0 Å². The van der Waals surface area contributed by atoms with Crippen molar-refractivity contribution in [1.82, 2.24) is 10.2 Å². The Balaban J connectivity index is 1.82. The van der Waals surface area contributed by atoms with E-state index in [1.807, 2.05) is 54.6 Å². The number of hydrogen-bond acceptors (Lipinski definition) is 3. The fraction of sp³-hybridized carbons (Fsp3) is 0.462. The van der Waals surface area contributed by atoms with Gasteiger partial charge in [0.15, 0.2) is 0 Å². The molecule has 1 heterocycles. The maximum atomic E-state index is 13.6. The first-order valence-electron chi connectivity index (χ1n) is 10.8. The zero-order valence-corrected chi connectivity index (χ0v) is 20.3. The maximum absolute atomic E-state index is 13.6. The van der Waals surface area contributed by atoms with Crippen molar-refractivity contribution >= 4 is 23.6 Å². The first kappa shape index (κ1) is 23.4. The molecule has 1 aliphatic heterocycles. The minimum absolute atomic E-state index is 0.0267. The molecule has 0 spiro atoms. The summed E-state index contributed by atoms with van der Waals surface area (Å²) in [5.41, 5.74) is 2.75. The van der Waals surface area contributed by atoms with Gasteiger partial charge in [-0.1, -0.05) is 84.0 Å². The van der Waals surface area contributed by atoms with Crippen LogP contribution in [0.25, 0.3) is 0 Å². The molecule has 2 atom stereocenters. The van der Waals surface area contributed by atoms with Gasteiger partial charge in [0.1, 0.15) is 6.04 Å². The summed E-state index contributed by atoms with van der Waals surface area (Å²) in [7, 11) is 0. The average molecular weight is 439 g/mol. The van der Waals surface area contributed by atoms with Gasteiger partial charge in [-0.05, 0) is 34.1 Å². The highest BCUT2D eigenvalue weighted by molar-refractivity contribution is 8.00. The van der Waals surface area contributed by atoms with E-state index in [4.69, 9.17) is 0 Å². The number of nitrogens with one attached hydrogen (secondary N) is 1. The van der Waals surface area contributed by atoms with Gasteiger partial charge in [0.05, 0.1) is 5.37 Å². The summed E-state index contributed by atoms with van der Waals surface area (Å²) < 4.78 is 0. The molecule has 1 aliphatic rings. The molecule has 3 rings (SSSR count). The molecule has 4 nitrogen and oxygen atoms in total. The van der Waals surface area contributed by atoms with Crippen LogP contribution in [0.2, 0.25) is 0 Å². The van der Waals surface area contributed by atoms with Gasteiger partial charge in [-0.3, -0.25) is 9.59 Å². The van der Waals surface area contributed by atoms with Gasteiger partial charge in [0.2, 0.25) is 5.91 Å². The van der Waals surface area contributed by atoms with Crippen LogP contribution in [0.4, 0.5) is 0 Å². The predicted octanol–water partition coefficient (Wildman–Crippen LogP) is 5.23. The zero-order chi connectivity index (χ0) is 22.8. The predicted molar refractivity (Wildman–Crippen MR) is 129 cm³/mol. The van der Waals surface area contributed by atoms with Crippen molar-refractivity contribution in [3.05, 3.63) is 71.3 Å². The molecule has 2 aromatic rings. The fourth-order valence-corrected chi connectivity index (χ4v) is 5.37. The molecule has 2 aromatic carbocycles. The fourth-order valence-electron chi connectivity index (χ4n) is 3.79. The molecular weight excluding hydrogens is 404 g/mol. The molecule has 166 valence electrons.